The van der Waals surface area contributed by atoms with Crippen molar-refractivity contribution in [2.24, 2.45) is 0 Å². The van der Waals surface area contributed by atoms with Crippen LogP contribution in [0, 0.1) is 24.1 Å². The Bertz CT molecular complexity index is 1320. The normalized spacial score (nSPS) is 10.6. The average molecular weight is 472 g/mol. The van der Waals surface area contributed by atoms with E-state index in [-0.39, 0.29) is 18.1 Å². The molecular weight excluding hydrogens is 449 g/mol. The maximum absolute atomic E-state index is 14.6. The molecular formula is C26H22FN5OS. The molecule has 170 valence electrons. The number of thioether (sulfide) groups is 1. The molecule has 0 bridgehead atoms. The first-order valence-corrected chi connectivity index (χ1v) is 11.7. The molecule has 0 aliphatic heterocycles. The van der Waals surface area contributed by atoms with Gasteiger partial charge in [-0.3, -0.25) is 9.36 Å². The molecule has 0 aliphatic carbocycles. The van der Waals surface area contributed by atoms with Crippen LogP contribution < -0.4 is 4.90 Å². The van der Waals surface area contributed by atoms with Crippen molar-refractivity contribution in [2.45, 2.75) is 18.5 Å². The second-order valence-electron chi connectivity index (χ2n) is 7.53. The molecule has 6 nitrogen and oxygen atoms in total. The average Bonchev–Trinajstić information content (AvgIpc) is 3.28. The summed E-state index contributed by atoms with van der Waals surface area (Å²) in [5.74, 6) is -0.110. The highest BCUT2D eigenvalue weighted by molar-refractivity contribution is 7.99. The number of hydrogen-bond donors (Lipinski definition) is 0. The summed E-state index contributed by atoms with van der Waals surface area (Å²) < 4.78 is 16.3. The SMILES string of the molecule is Cc1ccc(N(CCC#N)C(=O)CSc2nnc(-c3ccccc3F)n2-c2ccccc2)cc1. The molecule has 0 aliphatic rings. The number of halogens is 1. The van der Waals surface area contributed by atoms with Crippen LogP contribution in [0.5, 0.6) is 0 Å². The lowest BCUT2D eigenvalue weighted by atomic mass is 10.2. The van der Waals surface area contributed by atoms with Gasteiger partial charge in [0.1, 0.15) is 5.82 Å². The van der Waals surface area contributed by atoms with Crippen molar-refractivity contribution < 1.29 is 9.18 Å². The Morgan fingerprint density at radius 3 is 2.44 bits per heavy atom. The third kappa shape index (κ3) is 5.16. The molecule has 0 spiro atoms. The van der Waals surface area contributed by atoms with Crippen molar-refractivity contribution in [1.82, 2.24) is 14.8 Å². The molecule has 0 saturated carbocycles. The molecule has 0 fully saturated rings. The van der Waals surface area contributed by atoms with Crippen LogP contribution in [-0.4, -0.2) is 33.0 Å². The summed E-state index contributed by atoms with van der Waals surface area (Å²) >= 11 is 1.22. The predicted octanol–water partition coefficient (Wildman–Crippen LogP) is 5.42. The fourth-order valence-corrected chi connectivity index (χ4v) is 4.31. The first kappa shape index (κ1) is 23.2. The van der Waals surface area contributed by atoms with E-state index in [1.807, 2.05) is 61.5 Å². The van der Waals surface area contributed by atoms with E-state index < -0.39 is 5.82 Å². The van der Waals surface area contributed by atoms with Gasteiger partial charge in [0.15, 0.2) is 11.0 Å². The number of carbonyl (C=O) groups excluding carboxylic acids is 1. The number of benzene rings is 3. The minimum atomic E-state index is -0.401. The Morgan fingerprint density at radius 1 is 1.03 bits per heavy atom. The van der Waals surface area contributed by atoms with Gasteiger partial charge in [0.2, 0.25) is 5.91 Å². The van der Waals surface area contributed by atoms with E-state index in [1.54, 1.807) is 27.7 Å². The van der Waals surface area contributed by atoms with Crippen LogP contribution in [0.15, 0.2) is 84.0 Å². The van der Waals surface area contributed by atoms with E-state index in [9.17, 15) is 9.18 Å². The number of carbonyl (C=O) groups is 1. The largest absolute Gasteiger partial charge is 0.311 e. The van der Waals surface area contributed by atoms with E-state index in [1.165, 1.54) is 17.8 Å². The van der Waals surface area contributed by atoms with Crippen LogP contribution in [0.3, 0.4) is 0 Å². The van der Waals surface area contributed by atoms with Crippen LogP contribution in [-0.2, 0) is 4.79 Å². The number of hydrogen-bond acceptors (Lipinski definition) is 5. The quantitative estimate of drug-likeness (QED) is 0.321. The Balaban J connectivity index is 1.63. The van der Waals surface area contributed by atoms with Gasteiger partial charge in [-0.1, -0.05) is 59.8 Å². The van der Waals surface area contributed by atoms with Gasteiger partial charge in [-0.2, -0.15) is 5.26 Å². The first-order valence-electron chi connectivity index (χ1n) is 10.7. The van der Waals surface area contributed by atoms with E-state index in [4.69, 9.17) is 5.26 Å². The molecule has 0 saturated heterocycles. The van der Waals surface area contributed by atoms with Gasteiger partial charge in [0, 0.05) is 17.9 Å². The summed E-state index contributed by atoms with van der Waals surface area (Å²) in [4.78, 5) is 14.8. The molecule has 0 N–H and O–H groups in total. The second kappa shape index (κ2) is 10.8. The lowest BCUT2D eigenvalue weighted by molar-refractivity contribution is -0.116. The van der Waals surface area contributed by atoms with Crippen LogP contribution in [0.2, 0.25) is 0 Å². The van der Waals surface area contributed by atoms with Gasteiger partial charge < -0.3 is 4.90 Å². The Hall–Kier alpha value is -3.96. The molecule has 4 aromatic rings. The van der Waals surface area contributed by atoms with Crippen molar-refractivity contribution in [3.8, 4) is 23.1 Å². The number of aryl methyl sites for hydroxylation is 1. The topological polar surface area (TPSA) is 74.8 Å². The smallest absolute Gasteiger partial charge is 0.237 e. The van der Waals surface area contributed by atoms with Crippen molar-refractivity contribution in [1.29, 1.82) is 5.26 Å². The fourth-order valence-electron chi connectivity index (χ4n) is 3.48. The fraction of sp³-hybridized carbons (Fsp3) is 0.154. The van der Waals surface area contributed by atoms with Crippen molar-refractivity contribution in [2.75, 3.05) is 17.2 Å². The van der Waals surface area contributed by atoms with Gasteiger partial charge in [-0.25, -0.2) is 4.39 Å². The maximum Gasteiger partial charge on any atom is 0.237 e. The molecule has 3 aromatic carbocycles. The number of amides is 1. The van der Waals surface area contributed by atoms with Crippen LogP contribution in [0.4, 0.5) is 10.1 Å². The minimum absolute atomic E-state index is 0.0849. The van der Waals surface area contributed by atoms with Crippen LogP contribution >= 0.6 is 11.8 Å². The monoisotopic (exact) mass is 471 g/mol. The number of nitrogens with zero attached hydrogens (tertiary/aromatic N) is 5. The lowest BCUT2D eigenvalue weighted by Gasteiger charge is -2.22. The van der Waals surface area contributed by atoms with Gasteiger partial charge in [-0.15, -0.1) is 10.2 Å². The van der Waals surface area contributed by atoms with Crippen molar-refractivity contribution in [3.05, 3.63) is 90.2 Å². The summed E-state index contributed by atoms with van der Waals surface area (Å²) in [6.07, 6.45) is 0.224. The zero-order valence-electron chi connectivity index (χ0n) is 18.6. The molecule has 34 heavy (non-hydrogen) atoms. The van der Waals surface area contributed by atoms with E-state index in [0.29, 0.717) is 23.1 Å². The second-order valence-corrected chi connectivity index (χ2v) is 8.48. The number of aromatic nitrogens is 3. The summed E-state index contributed by atoms with van der Waals surface area (Å²) in [6.45, 7) is 2.27. The van der Waals surface area contributed by atoms with Gasteiger partial charge in [-0.05, 0) is 43.3 Å². The van der Waals surface area contributed by atoms with E-state index in [2.05, 4.69) is 16.3 Å². The Kier molecular flexibility index (Phi) is 7.35. The van der Waals surface area contributed by atoms with E-state index >= 15 is 0 Å². The minimum Gasteiger partial charge on any atom is -0.311 e. The standard InChI is InChI=1S/C26H22FN5OS/c1-19-12-14-20(15-13-19)31(17-7-16-28)24(33)18-34-26-30-29-25(22-10-5-6-11-23(22)27)32(26)21-8-3-2-4-9-21/h2-6,8-15H,7,17-18H2,1H3. The van der Waals surface area contributed by atoms with Crippen molar-refractivity contribution >= 4 is 23.4 Å². The van der Waals surface area contributed by atoms with Crippen LogP contribution in [0.1, 0.15) is 12.0 Å². The van der Waals surface area contributed by atoms with Gasteiger partial charge >= 0.3 is 0 Å². The first-order chi connectivity index (χ1) is 16.6. The summed E-state index contributed by atoms with van der Waals surface area (Å²) in [5.41, 5.74) is 2.92. The molecule has 1 amide bonds. The molecule has 0 unspecified atom stereocenters. The van der Waals surface area contributed by atoms with Crippen LogP contribution in [0.25, 0.3) is 17.1 Å². The van der Waals surface area contributed by atoms with Crippen molar-refractivity contribution in [3.63, 3.8) is 0 Å². The Morgan fingerprint density at radius 2 is 1.74 bits per heavy atom. The lowest BCUT2D eigenvalue weighted by Crippen LogP contribution is -2.33. The van der Waals surface area contributed by atoms with Gasteiger partial charge in [0.25, 0.3) is 0 Å². The third-order valence-corrected chi connectivity index (χ3v) is 6.09. The third-order valence-electron chi connectivity index (χ3n) is 5.18. The van der Waals surface area contributed by atoms with Gasteiger partial charge in [0.05, 0.1) is 23.8 Å². The highest BCUT2D eigenvalue weighted by Gasteiger charge is 2.21. The zero-order chi connectivity index (χ0) is 23.9. The molecule has 8 heteroatoms. The summed E-state index contributed by atoms with van der Waals surface area (Å²) in [7, 11) is 0. The molecule has 1 aromatic heterocycles. The number of anilines is 1. The predicted molar refractivity (Wildman–Crippen MR) is 131 cm³/mol. The number of nitriles is 1. The molecule has 0 radical (unpaired) electrons. The Labute approximate surface area is 201 Å². The molecule has 4 rings (SSSR count). The number of rotatable bonds is 8. The number of para-hydroxylation sites is 1. The molecule has 1 heterocycles. The summed E-state index contributed by atoms with van der Waals surface area (Å²) in [5, 5.41) is 18.0. The maximum atomic E-state index is 14.6. The summed E-state index contributed by atoms with van der Waals surface area (Å²) in [6, 6.07) is 25.5. The highest BCUT2D eigenvalue weighted by atomic mass is 32.2. The molecule has 0 atom stereocenters. The van der Waals surface area contributed by atoms with E-state index in [0.717, 1.165) is 16.9 Å². The zero-order valence-corrected chi connectivity index (χ0v) is 19.4. The highest BCUT2D eigenvalue weighted by Crippen LogP contribution is 2.30.